The van der Waals surface area contributed by atoms with Gasteiger partial charge in [0.1, 0.15) is 5.82 Å². The third kappa shape index (κ3) is 5.03. The number of nitrogens with zero attached hydrogens (tertiary/aromatic N) is 1. The van der Waals surface area contributed by atoms with E-state index in [-0.39, 0.29) is 11.5 Å². The van der Waals surface area contributed by atoms with Gasteiger partial charge in [0, 0.05) is 26.3 Å². The Kier molecular flexibility index (Phi) is 6.20. The smallest absolute Gasteiger partial charge is 0.257 e. The number of halogens is 1. The van der Waals surface area contributed by atoms with E-state index >= 15 is 0 Å². The van der Waals surface area contributed by atoms with Crippen molar-refractivity contribution < 1.29 is 9.18 Å². The molecule has 4 rings (SSSR count). The maximum Gasteiger partial charge on any atom is 0.257 e. The van der Waals surface area contributed by atoms with Crippen molar-refractivity contribution in [2.24, 2.45) is 0 Å². The number of benzene rings is 3. The molecule has 0 aliphatic rings. The second-order valence-corrected chi connectivity index (χ2v) is 9.35. The number of thiazole rings is 1. The molecule has 0 fully saturated rings. The van der Waals surface area contributed by atoms with E-state index in [9.17, 15) is 9.18 Å². The number of hydrogen-bond donors (Lipinski definition) is 1. The molecule has 0 radical (unpaired) electrons. The Morgan fingerprint density at radius 3 is 2.35 bits per heavy atom. The maximum atomic E-state index is 13.4. The van der Waals surface area contributed by atoms with Crippen LogP contribution in [0.3, 0.4) is 0 Å². The predicted molar refractivity (Wildman–Crippen MR) is 127 cm³/mol. The van der Waals surface area contributed by atoms with Crippen molar-refractivity contribution in [3.8, 4) is 11.3 Å². The molecule has 0 saturated carbocycles. The van der Waals surface area contributed by atoms with Crippen LogP contribution in [0.1, 0.15) is 27.0 Å². The van der Waals surface area contributed by atoms with Crippen LogP contribution in [0.25, 0.3) is 11.3 Å². The largest absolute Gasteiger partial charge is 0.298 e. The fourth-order valence-corrected chi connectivity index (χ4v) is 5.09. The molecule has 4 aromatic rings. The third-order valence-electron chi connectivity index (χ3n) is 4.83. The molecule has 1 amide bonds. The van der Waals surface area contributed by atoms with E-state index in [0.717, 1.165) is 22.4 Å². The fraction of sp³-hybridized carbons (Fsp3) is 0.120. The first-order valence-corrected chi connectivity index (χ1v) is 11.5. The summed E-state index contributed by atoms with van der Waals surface area (Å²) in [5.41, 5.74) is 5.65. The maximum absolute atomic E-state index is 13.4. The highest BCUT2D eigenvalue weighted by molar-refractivity contribution is 7.99. The topological polar surface area (TPSA) is 42.0 Å². The summed E-state index contributed by atoms with van der Waals surface area (Å²) >= 11 is 3.09. The first-order chi connectivity index (χ1) is 14.9. The summed E-state index contributed by atoms with van der Waals surface area (Å²) in [7, 11) is 0. The summed E-state index contributed by atoms with van der Waals surface area (Å²) < 4.78 is 13.4. The monoisotopic (exact) mass is 448 g/mol. The molecule has 1 heterocycles. The van der Waals surface area contributed by atoms with Crippen molar-refractivity contribution in [3.05, 3.63) is 94.1 Å². The lowest BCUT2D eigenvalue weighted by Gasteiger charge is -2.11. The van der Waals surface area contributed by atoms with E-state index < -0.39 is 5.82 Å². The quantitative estimate of drug-likeness (QED) is 0.349. The predicted octanol–water partition coefficient (Wildman–Crippen LogP) is 7.28. The van der Waals surface area contributed by atoms with Crippen LogP contribution in [0.2, 0.25) is 0 Å². The van der Waals surface area contributed by atoms with Gasteiger partial charge in [-0.2, -0.15) is 0 Å². The Hall–Kier alpha value is -2.96. The normalized spacial score (nSPS) is 10.8. The fourth-order valence-electron chi connectivity index (χ4n) is 3.37. The van der Waals surface area contributed by atoms with Gasteiger partial charge in [0.05, 0.1) is 5.69 Å². The van der Waals surface area contributed by atoms with Crippen LogP contribution < -0.4 is 5.32 Å². The third-order valence-corrected chi connectivity index (χ3v) is 6.57. The average Bonchev–Trinajstić information content (AvgIpc) is 3.17. The molecule has 6 heteroatoms. The molecule has 3 aromatic carbocycles. The lowest BCUT2D eigenvalue weighted by Crippen LogP contribution is -2.11. The molecule has 1 aromatic heterocycles. The molecule has 0 atom stereocenters. The van der Waals surface area contributed by atoms with Gasteiger partial charge in [-0.15, -0.1) is 11.3 Å². The molecule has 156 valence electrons. The van der Waals surface area contributed by atoms with Crippen LogP contribution in [-0.2, 0) is 0 Å². The average molecular weight is 449 g/mol. The highest BCUT2D eigenvalue weighted by Gasteiger charge is 2.14. The standard InChI is InChI=1S/C25H21FN2OS2/c1-15-7-9-20(10-8-15)31-21-11-16(2)23(17(3)12-21)22-14-30-25(27-22)28-24(29)18-5-4-6-19(26)13-18/h4-14H,1-3H3,(H,27,28,29). The van der Waals surface area contributed by atoms with Crippen molar-refractivity contribution in [3.63, 3.8) is 0 Å². The second kappa shape index (κ2) is 9.04. The molecule has 0 spiro atoms. The van der Waals surface area contributed by atoms with Gasteiger partial charge in [0.25, 0.3) is 5.91 Å². The zero-order chi connectivity index (χ0) is 22.0. The number of anilines is 1. The van der Waals surface area contributed by atoms with Gasteiger partial charge in [-0.3, -0.25) is 10.1 Å². The van der Waals surface area contributed by atoms with Gasteiger partial charge < -0.3 is 0 Å². The number of carbonyl (C=O) groups is 1. The van der Waals surface area contributed by atoms with Crippen LogP contribution in [0, 0.1) is 26.6 Å². The summed E-state index contributed by atoms with van der Waals surface area (Å²) in [5.74, 6) is -0.819. The van der Waals surface area contributed by atoms with Crippen molar-refractivity contribution in [2.45, 2.75) is 30.6 Å². The minimum Gasteiger partial charge on any atom is -0.298 e. The van der Waals surface area contributed by atoms with Gasteiger partial charge in [-0.1, -0.05) is 35.5 Å². The lowest BCUT2D eigenvalue weighted by molar-refractivity contribution is 0.102. The van der Waals surface area contributed by atoms with Crippen molar-refractivity contribution in [2.75, 3.05) is 5.32 Å². The summed E-state index contributed by atoms with van der Waals surface area (Å²) in [4.78, 5) is 19.4. The molecule has 0 unspecified atom stereocenters. The lowest BCUT2D eigenvalue weighted by atomic mass is 10.0. The Balaban J connectivity index is 1.54. The Labute approximate surface area is 189 Å². The van der Waals surface area contributed by atoms with Crippen molar-refractivity contribution in [1.29, 1.82) is 0 Å². The Morgan fingerprint density at radius 2 is 1.68 bits per heavy atom. The molecule has 3 nitrogen and oxygen atoms in total. The molecule has 31 heavy (non-hydrogen) atoms. The first-order valence-electron chi connectivity index (χ1n) is 9.77. The van der Waals surface area contributed by atoms with Gasteiger partial charge in [0.2, 0.25) is 0 Å². The highest BCUT2D eigenvalue weighted by atomic mass is 32.2. The summed E-state index contributed by atoms with van der Waals surface area (Å²) in [6, 6.07) is 18.4. The van der Waals surface area contributed by atoms with E-state index in [1.165, 1.54) is 44.9 Å². The zero-order valence-electron chi connectivity index (χ0n) is 17.4. The minimum atomic E-state index is -0.442. The van der Waals surface area contributed by atoms with E-state index in [4.69, 9.17) is 0 Å². The molecular weight excluding hydrogens is 427 g/mol. The number of aromatic nitrogens is 1. The number of hydrogen-bond acceptors (Lipinski definition) is 4. The van der Waals surface area contributed by atoms with Crippen LogP contribution in [0.4, 0.5) is 9.52 Å². The number of nitrogens with one attached hydrogen (secondary N) is 1. The van der Waals surface area contributed by atoms with Gasteiger partial charge in [-0.05, 0) is 74.4 Å². The molecular formula is C25H21FN2OS2. The van der Waals surface area contributed by atoms with Crippen molar-refractivity contribution >= 4 is 34.1 Å². The SMILES string of the molecule is Cc1ccc(Sc2cc(C)c(-c3csc(NC(=O)c4cccc(F)c4)n3)c(C)c2)cc1. The molecule has 0 saturated heterocycles. The number of aryl methyl sites for hydroxylation is 3. The van der Waals surface area contributed by atoms with Crippen LogP contribution in [0.15, 0.2) is 75.8 Å². The van der Waals surface area contributed by atoms with E-state index in [1.54, 1.807) is 17.8 Å². The Morgan fingerprint density at radius 1 is 0.968 bits per heavy atom. The summed E-state index contributed by atoms with van der Waals surface area (Å²) in [5, 5.41) is 5.18. The van der Waals surface area contributed by atoms with Gasteiger partial charge in [0.15, 0.2) is 5.13 Å². The molecule has 0 aliphatic heterocycles. The minimum absolute atomic E-state index is 0.265. The zero-order valence-corrected chi connectivity index (χ0v) is 19.0. The summed E-state index contributed by atoms with van der Waals surface area (Å²) in [6.07, 6.45) is 0. The van der Waals surface area contributed by atoms with Crippen LogP contribution in [0.5, 0.6) is 0 Å². The molecule has 0 aliphatic carbocycles. The second-order valence-electron chi connectivity index (χ2n) is 7.35. The number of rotatable bonds is 5. The van der Waals surface area contributed by atoms with E-state index in [2.05, 4.69) is 67.5 Å². The van der Waals surface area contributed by atoms with Crippen LogP contribution >= 0.6 is 23.1 Å². The van der Waals surface area contributed by atoms with Gasteiger partial charge >= 0.3 is 0 Å². The highest BCUT2D eigenvalue weighted by Crippen LogP contribution is 2.36. The molecule has 1 N–H and O–H groups in total. The van der Waals surface area contributed by atoms with Crippen molar-refractivity contribution in [1.82, 2.24) is 4.98 Å². The van der Waals surface area contributed by atoms with Gasteiger partial charge in [-0.25, -0.2) is 9.37 Å². The Bertz CT molecular complexity index is 1230. The van der Waals surface area contributed by atoms with Crippen LogP contribution in [-0.4, -0.2) is 10.9 Å². The van der Waals surface area contributed by atoms with E-state index in [0.29, 0.717) is 5.13 Å². The summed E-state index contributed by atoms with van der Waals surface area (Å²) in [6.45, 7) is 6.23. The first kappa shape index (κ1) is 21.3. The van der Waals surface area contributed by atoms with E-state index in [1.807, 2.05) is 5.38 Å². The molecule has 0 bridgehead atoms. The number of amides is 1. The number of carbonyl (C=O) groups excluding carboxylic acids is 1.